The van der Waals surface area contributed by atoms with Gasteiger partial charge in [0.15, 0.2) is 17.5 Å². The molecule has 3 aromatic heterocycles. The van der Waals surface area contributed by atoms with Crippen LogP contribution in [0.2, 0.25) is 0 Å². The number of aromatic nitrogens is 4. The third kappa shape index (κ3) is 4.28. The van der Waals surface area contributed by atoms with E-state index in [1.54, 1.807) is 0 Å². The van der Waals surface area contributed by atoms with Crippen molar-refractivity contribution in [2.45, 2.75) is 0 Å². The lowest BCUT2D eigenvalue weighted by Crippen LogP contribution is -2.00. The largest absolute Gasteiger partial charge is 0.247 e. The number of hydrogen-bond donors (Lipinski definition) is 0. The van der Waals surface area contributed by atoms with Crippen molar-refractivity contribution in [1.29, 1.82) is 0 Å². The molecule has 0 saturated carbocycles. The maximum atomic E-state index is 5.15. The first-order valence-electron chi connectivity index (χ1n) is 14.9. The summed E-state index contributed by atoms with van der Waals surface area (Å²) in [6.07, 6.45) is 0. The molecule has 0 saturated heterocycles. The predicted octanol–water partition coefficient (Wildman–Crippen LogP) is 10.6. The molecule has 6 aromatic carbocycles. The van der Waals surface area contributed by atoms with Crippen LogP contribution >= 0.6 is 11.3 Å². The molecule has 5 heteroatoms. The summed E-state index contributed by atoms with van der Waals surface area (Å²) in [5.41, 5.74) is 6.02. The number of thiophene rings is 1. The first-order chi connectivity index (χ1) is 22.3. The van der Waals surface area contributed by atoms with Crippen molar-refractivity contribution in [3.63, 3.8) is 0 Å². The Kier molecular flexibility index (Phi) is 5.96. The quantitative estimate of drug-likeness (QED) is 0.191. The Morgan fingerprint density at radius 1 is 0.378 bits per heavy atom. The van der Waals surface area contributed by atoms with Gasteiger partial charge in [-0.1, -0.05) is 133 Å². The summed E-state index contributed by atoms with van der Waals surface area (Å²) in [5, 5.41) is 5.89. The lowest BCUT2D eigenvalue weighted by molar-refractivity contribution is 1.08. The van der Waals surface area contributed by atoms with Crippen LogP contribution in [0.3, 0.4) is 0 Å². The second kappa shape index (κ2) is 10.4. The Hall–Kier alpha value is -5.78. The Morgan fingerprint density at radius 3 is 1.64 bits per heavy atom. The molecule has 0 radical (unpaired) electrons. The minimum atomic E-state index is 0.658. The van der Waals surface area contributed by atoms with Crippen LogP contribution in [0.4, 0.5) is 0 Å². The number of rotatable bonds is 4. The van der Waals surface area contributed by atoms with Gasteiger partial charge in [0.1, 0.15) is 0 Å². The van der Waals surface area contributed by atoms with E-state index in [4.69, 9.17) is 19.9 Å². The maximum Gasteiger partial charge on any atom is 0.164 e. The summed E-state index contributed by atoms with van der Waals surface area (Å²) in [6, 6.07) is 50.1. The molecule has 0 spiro atoms. The Labute approximate surface area is 263 Å². The number of nitrogens with zero attached hydrogens (tertiary/aromatic N) is 4. The Bertz CT molecular complexity index is 2470. The molecule has 0 bridgehead atoms. The zero-order valence-corrected chi connectivity index (χ0v) is 24.9. The molecule has 45 heavy (non-hydrogen) atoms. The van der Waals surface area contributed by atoms with Gasteiger partial charge in [-0.15, -0.1) is 11.3 Å². The van der Waals surface area contributed by atoms with Gasteiger partial charge in [0.25, 0.3) is 0 Å². The molecule has 0 atom stereocenters. The zero-order chi connectivity index (χ0) is 29.7. The first kappa shape index (κ1) is 25.7. The van der Waals surface area contributed by atoms with Crippen LogP contribution in [0.1, 0.15) is 0 Å². The number of pyridine rings is 1. The summed E-state index contributed by atoms with van der Waals surface area (Å²) in [5.74, 6) is 1.98. The molecule has 0 amide bonds. The molecule has 0 aliphatic rings. The highest BCUT2D eigenvalue weighted by molar-refractivity contribution is 7.27. The average Bonchev–Trinajstić information content (AvgIpc) is 3.51. The Balaban J connectivity index is 1.35. The van der Waals surface area contributed by atoms with Crippen LogP contribution in [-0.2, 0) is 0 Å². The van der Waals surface area contributed by atoms with Gasteiger partial charge in [-0.2, -0.15) is 0 Å². The van der Waals surface area contributed by atoms with Crippen molar-refractivity contribution in [1.82, 2.24) is 19.9 Å². The summed E-state index contributed by atoms with van der Waals surface area (Å²) < 4.78 is 2.44. The van der Waals surface area contributed by atoms with Crippen LogP contribution in [0, 0.1) is 0 Å². The smallest absolute Gasteiger partial charge is 0.164 e. The standard InChI is InChI=1S/C40H24N4S/c1-4-13-25(14-5-1)36-29-23-24-30-34-31(20-12-22-33(34)45-37(30)35(29)28-19-10-11-21-32(28)41-36)40-43-38(26-15-6-2-7-16-26)42-39(44-40)27-17-8-3-9-18-27/h1-24H. The molecular weight excluding hydrogens is 569 g/mol. The molecule has 0 aliphatic carbocycles. The highest BCUT2D eigenvalue weighted by Gasteiger charge is 2.20. The molecule has 9 aromatic rings. The fourth-order valence-electron chi connectivity index (χ4n) is 6.25. The van der Waals surface area contributed by atoms with E-state index in [0.717, 1.165) is 49.6 Å². The summed E-state index contributed by atoms with van der Waals surface area (Å²) in [4.78, 5) is 20.2. The fraction of sp³-hybridized carbons (Fsp3) is 0. The molecule has 0 aliphatic heterocycles. The minimum absolute atomic E-state index is 0.658. The summed E-state index contributed by atoms with van der Waals surface area (Å²) in [6.45, 7) is 0. The van der Waals surface area contributed by atoms with Crippen LogP contribution in [0.25, 0.3) is 87.3 Å². The van der Waals surface area contributed by atoms with E-state index in [0.29, 0.717) is 17.5 Å². The van der Waals surface area contributed by atoms with Crippen molar-refractivity contribution in [3.05, 3.63) is 146 Å². The van der Waals surface area contributed by atoms with Crippen molar-refractivity contribution in [3.8, 4) is 45.4 Å². The molecule has 210 valence electrons. The van der Waals surface area contributed by atoms with E-state index in [1.165, 1.54) is 20.2 Å². The van der Waals surface area contributed by atoms with E-state index in [1.807, 2.05) is 78.1 Å². The Morgan fingerprint density at radius 2 is 0.956 bits per heavy atom. The van der Waals surface area contributed by atoms with E-state index in [9.17, 15) is 0 Å². The van der Waals surface area contributed by atoms with Crippen LogP contribution in [-0.4, -0.2) is 19.9 Å². The number of fused-ring (bicyclic) bond motifs is 7. The molecule has 9 rings (SSSR count). The SMILES string of the molecule is c1ccc(-c2nc(-c3ccccc3)nc(-c3cccc4sc5c(ccc6c(-c7ccccc7)nc7ccccc7c65)c34)n2)cc1. The highest BCUT2D eigenvalue weighted by atomic mass is 32.1. The van der Waals surface area contributed by atoms with Gasteiger partial charge in [0.05, 0.1) is 11.2 Å². The van der Waals surface area contributed by atoms with Gasteiger partial charge in [0.2, 0.25) is 0 Å². The number of para-hydroxylation sites is 1. The normalized spacial score (nSPS) is 11.6. The zero-order valence-electron chi connectivity index (χ0n) is 24.1. The maximum absolute atomic E-state index is 5.15. The second-order valence-corrected chi connectivity index (χ2v) is 12.1. The van der Waals surface area contributed by atoms with E-state index < -0.39 is 0 Å². The van der Waals surface area contributed by atoms with Gasteiger partial charge in [0, 0.05) is 58.6 Å². The predicted molar refractivity (Wildman–Crippen MR) is 187 cm³/mol. The monoisotopic (exact) mass is 592 g/mol. The third-order valence-electron chi connectivity index (χ3n) is 8.31. The first-order valence-corrected chi connectivity index (χ1v) is 15.7. The van der Waals surface area contributed by atoms with E-state index in [-0.39, 0.29) is 0 Å². The minimum Gasteiger partial charge on any atom is -0.247 e. The van der Waals surface area contributed by atoms with Crippen LogP contribution in [0.5, 0.6) is 0 Å². The lowest BCUT2D eigenvalue weighted by atomic mass is 9.97. The number of benzene rings is 6. The van der Waals surface area contributed by atoms with Crippen LogP contribution < -0.4 is 0 Å². The molecule has 0 unspecified atom stereocenters. The average molecular weight is 593 g/mol. The molecule has 3 heterocycles. The van der Waals surface area contributed by atoms with Crippen molar-refractivity contribution >= 4 is 53.2 Å². The van der Waals surface area contributed by atoms with Crippen molar-refractivity contribution in [2.24, 2.45) is 0 Å². The van der Waals surface area contributed by atoms with Crippen LogP contribution in [0.15, 0.2) is 146 Å². The summed E-state index contributed by atoms with van der Waals surface area (Å²) in [7, 11) is 0. The van der Waals surface area contributed by atoms with Gasteiger partial charge >= 0.3 is 0 Å². The number of hydrogen-bond acceptors (Lipinski definition) is 5. The van der Waals surface area contributed by atoms with E-state index >= 15 is 0 Å². The van der Waals surface area contributed by atoms with Gasteiger partial charge in [-0.25, -0.2) is 19.9 Å². The second-order valence-electron chi connectivity index (χ2n) is 11.0. The summed E-state index contributed by atoms with van der Waals surface area (Å²) >= 11 is 1.82. The molecule has 0 fully saturated rings. The molecule has 0 N–H and O–H groups in total. The highest BCUT2D eigenvalue weighted by Crippen LogP contribution is 2.45. The molecule has 4 nitrogen and oxygen atoms in total. The van der Waals surface area contributed by atoms with Crippen molar-refractivity contribution < 1.29 is 0 Å². The van der Waals surface area contributed by atoms with Gasteiger partial charge in [-0.05, 0) is 12.1 Å². The van der Waals surface area contributed by atoms with Gasteiger partial charge in [-0.3, -0.25) is 0 Å². The lowest BCUT2D eigenvalue weighted by Gasteiger charge is -2.11. The van der Waals surface area contributed by atoms with E-state index in [2.05, 4.69) is 78.9 Å². The topological polar surface area (TPSA) is 51.6 Å². The third-order valence-corrected chi connectivity index (χ3v) is 9.50. The van der Waals surface area contributed by atoms with Gasteiger partial charge < -0.3 is 0 Å². The molecular formula is C40H24N4S. The van der Waals surface area contributed by atoms with Crippen molar-refractivity contribution in [2.75, 3.05) is 0 Å². The fourth-order valence-corrected chi connectivity index (χ4v) is 7.54.